The molecule has 0 saturated carbocycles. The third-order valence-corrected chi connectivity index (χ3v) is 7.27. The first-order valence-electron chi connectivity index (χ1n) is 12.9. The highest BCUT2D eigenvalue weighted by Crippen LogP contribution is 2.32. The summed E-state index contributed by atoms with van der Waals surface area (Å²) in [5, 5.41) is 0. The van der Waals surface area contributed by atoms with Crippen LogP contribution in [0.1, 0.15) is 29.2 Å². The number of anilines is 1. The van der Waals surface area contributed by atoms with Crippen LogP contribution < -0.4 is 4.90 Å². The second-order valence-corrected chi connectivity index (χ2v) is 9.65. The Hall–Kier alpha value is -3.89. The number of imidazole rings is 1. The lowest BCUT2D eigenvalue weighted by molar-refractivity contribution is 0.285. The van der Waals surface area contributed by atoms with Crippen molar-refractivity contribution < 1.29 is 0 Å². The third kappa shape index (κ3) is 4.77. The highest BCUT2D eigenvalue weighted by atomic mass is 15.2. The van der Waals surface area contributed by atoms with Crippen molar-refractivity contribution in [1.29, 1.82) is 0 Å². The van der Waals surface area contributed by atoms with Crippen LogP contribution in [0.2, 0.25) is 0 Å². The fraction of sp³-hybridized carbons (Fsp3) is 0.219. The van der Waals surface area contributed by atoms with Gasteiger partial charge in [-0.3, -0.25) is 4.90 Å². The molecule has 1 fully saturated rings. The highest BCUT2D eigenvalue weighted by molar-refractivity contribution is 5.80. The predicted molar refractivity (Wildman–Crippen MR) is 148 cm³/mol. The Morgan fingerprint density at radius 3 is 2.03 bits per heavy atom. The topological polar surface area (TPSA) is 24.3 Å². The molecule has 180 valence electrons. The summed E-state index contributed by atoms with van der Waals surface area (Å²) in [6.45, 7) is 5.34. The molecule has 1 aromatic heterocycles. The Bertz CT molecular complexity index is 1360. The fourth-order valence-corrected chi connectivity index (χ4v) is 5.43. The minimum absolute atomic E-state index is 0.0816. The second-order valence-electron chi connectivity index (χ2n) is 9.65. The predicted octanol–water partition coefficient (Wildman–Crippen LogP) is 6.39. The molecule has 0 unspecified atom stereocenters. The number of nitrogens with zero attached hydrogens (tertiary/aromatic N) is 4. The summed E-state index contributed by atoms with van der Waals surface area (Å²) in [5.74, 6) is 0. The van der Waals surface area contributed by atoms with Crippen LogP contribution in [0, 0.1) is 0 Å². The van der Waals surface area contributed by atoms with Crippen molar-refractivity contribution in [3.63, 3.8) is 0 Å². The van der Waals surface area contributed by atoms with Crippen LogP contribution in [-0.2, 0) is 6.54 Å². The number of benzene rings is 4. The van der Waals surface area contributed by atoms with E-state index >= 15 is 0 Å². The van der Waals surface area contributed by atoms with E-state index in [1.807, 2.05) is 6.33 Å². The van der Waals surface area contributed by atoms with Crippen LogP contribution in [0.5, 0.6) is 0 Å². The van der Waals surface area contributed by atoms with Gasteiger partial charge in [0.25, 0.3) is 0 Å². The summed E-state index contributed by atoms with van der Waals surface area (Å²) in [6, 6.07) is 39.2. The molecule has 0 amide bonds. The lowest BCUT2D eigenvalue weighted by Gasteiger charge is -2.25. The molecule has 1 aliphatic heterocycles. The molecule has 1 aliphatic rings. The van der Waals surface area contributed by atoms with Crippen LogP contribution in [0.3, 0.4) is 0 Å². The molecule has 4 nitrogen and oxygen atoms in total. The van der Waals surface area contributed by atoms with Gasteiger partial charge in [-0.25, -0.2) is 4.98 Å². The molecule has 1 saturated heterocycles. The maximum atomic E-state index is 4.79. The van der Waals surface area contributed by atoms with E-state index in [0.717, 1.165) is 38.2 Å². The first kappa shape index (κ1) is 22.6. The molecule has 0 bridgehead atoms. The first-order chi connectivity index (χ1) is 17.8. The van der Waals surface area contributed by atoms with Gasteiger partial charge < -0.3 is 9.47 Å². The Labute approximate surface area is 213 Å². The smallest absolute Gasteiger partial charge is 0.0966 e. The van der Waals surface area contributed by atoms with Crippen molar-refractivity contribution >= 4 is 16.7 Å². The lowest BCUT2D eigenvalue weighted by Crippen LogP contribution is -2.30. The fourth-order valence-electron chi connectivity index (χ4n) is 5.43. The van der Waals surface area contributed by atoms with Crippen molar-refractivity contribution in [2.24, 2.45) is 0 Å². The molecule has 4 heteroatoms. The van der Waals surface area contributed by atoms with Crippen LogP contribution in [0.25, 0.3) is 11.0 Å². The van der Waals surface area contributed by atoms with Gasteiger partial charge in [-0.2, -0.15) is 0 Å². The summed E-state index contributed by atoms with van der Waals surface area (Å²) < 4.78 is 2.34. The van der Waals surface area contributed by atoms with Gasteiger partial charge >= 0.3 is 0 Å². The van der Waals surface area contributed by atoms with Gasteiger partial charge in [0, 0.05) is 38.4 Å². The molecule has 0 radical (unpaired) electrons. The van der Waals surface area contributed by atoms with E-state index in [0.29, 0.717) is 0 Å². The van der Waals surface area contributed by atoms with Gasteiger partial charge in [0.1, 0.15) is 0 Å². The number of hydrogen-bond donors (Lipinski definition) is 0. The molecule has 0 atom stereocenters. The molecule has 0 spiro atoms. The Balaban J connectivity index is 1.29. The van der Waals surface area contributed by atoms with E-state index in [1.54, 1.807) is 0 Å². The number of hydrogen-bond acceptors (Lipinski definition) is 3. The minimum Gasteiger partial charge on any atom is -0.370 e. The van der Waals surface area contributed by atoms with Crippen LogP contribution in [-0.4, -0.2) is 40.6 Å². The Morgan fingerprint density at radius 1 is 0.667 bits per heavy atom. The van der Waals surface area contributed by atoms with Gasteiger partial charge in [0.05, 0.1) is 23.4 Å². The molecule has 0 aliphatic carbocycles. The normalized spacial score (nSPS) is 14.9. The van der Waals surface area contributed by atoms with Crippen molar-refractivity contribution in [1.82, 2.24) is 14.5 Å². The molecule has 5 aromatic rings. The molecule has 4 aromatic carbocycles. The summed E-state index contributed by atoms with van der Waals surface area (Å²) in [6.07, 6.45) is 3.17. The molecular formula is C32H32N4. The zero-order chi connectivity index (χ0) is 24.2. The van der Waals surface area contributed by atoms with Crippen molar-refractivity contribution in [3.8, 4) is 0 Å². The summed E-state index contributed by atoms with van der Waals surface area (Å²) in [5.41, 5.74) is 7.42. The number of aromatic nitrogens is 2. The van der Waals surface area contributed by atoms with Crippen LogP contribution in [0.15, 0.2) is 116 Å². The third-order valence-electron chi connectivity index (χ3n) is 7.27. The molecule has 2 heterocycles. The van der Waals surface area contributed by atoms with Crippen LogP contribution in [0.4, 0.5) is 5.69 Å². The average molecular weight is 473 g/mol. The molecule has 36 heavy (non-hydrogen) atoms. The summed E-state index contributed by atoms with van der Waals surface area (Å²) >= 11 is 0. The molecule has 0 N–H and O–H groups in total. The van der Waals surface area contributed by atoms with E-state index in [2.05, 4.69) is 124 Å². The number of rotatable bonds is 6. The van der Waals surface area contributed by atoms with Crippen molar-refractivity contribution in [2.45, 2.75) is 19.0 Å². The maximum Gasteiger partial charge on any atom is 0.0966 e. The lowest BCUT2D eigenvalue weighted by atomic mass is 9.98. The Kier molecular flexibility index (Phi) is 6.51. The SMILES string of the molecule is c1ccc(CN2CCCN(c3ccc4ncn(C(c5ccccc5)c5ccccc5)c4c3)CC2)cc1. The average Bonchev–Trinajstić information content (AvgIpc) is 3.20. The van der Waals surface area contributed by atoms with Gasteiger partial charge in [-0.15, -0.1) is 0 Å². The monoisotopic (exact) mass is 472 g/mol. The van der Waals surface area contributed by atoms with E-state index in [4.69, 9.17) is 4.98 Å². The zero-order valence-electron chi connectivity index (χ0n) is 20.6. The largest absolute Gasteiger partial charge is 0.370 e. The molecule has 6 rings (SSSR count). The van der Waals surface area contributed by atoms with E-state index in [9.17, 15) is 0 Å². The number of fused-ring (bicyclic) bond motifs is 1. The van der Waals surface area contributed by atoms with Crippen molar-refractivity contribution in [2.75, 3.05) is 31.1 Å². The zero-order valence-corrected chi connectivity index (χ0v) is 20.6. The van der Waals surface area contributed by atoms with Gasteiger partial charge in [0.2, 0.25) is 0 Å². The van der Waals surface area contributed by atoms with Crippen molar-refractivity contribution in [3.05, 3.63) is 132 Å². The van der Waals surface area contributed by atoms with E-state index in [-0.39, 0.29) is 6.04 Å². The van der Waals surface area contributed by atoms with Gasteiger partial charge in [-0.05, 0) is 41.3 Å². The quantitative estimate of drug-likeness (QED) is 0.286. The second kappa shape index (κ2) is 10.4. The molecular weight excluding hydrogens is 440 g/mol. The van der Waals surface area contributed by atoms with E-state index < -0.39 is 0 Å². The maximum absolute atomic E-state index is 4.79. The van der Waals surface area contributed by atoms with Gasteiger partial charge in [0.15, 0.2) is 0 Å². The minimum atomic E-state index is 0.0816. The van der Waals surface area contributed by atoms with Crippen LogP contribution >= 0.6 is 0 Å². The summed E-state index contributed by atoms with van der Waals surface area (Å²) in [4.78, 5) is 9.92. The standard InChI is InChI=1S/C32H32N4/c1-4-11-26(12-5-1)24-34-19-10-20-35(22-21-34)29-17-18-30-31(23-29)36(25-33-30)32(27-13-6-2-7-14-27)28-15-8-3-9-16-28/h1-9,11-18,23,25,32H,10,19-22,24H2. The Morgan fingerprint density at radius 2 is 1.33 bits per heavy atom. The van der Waals surface area contributed by atoms with Gasteiger partial charge in [-0.1, -0.05) is 91.0 Å². The highest BCUT2D eigenvalue weighted by Gasteiger charge is 2.20. The first-order valence-corrected chi connectivity index (χ1v) is 12.9. The van der Waals surface area contributed by atoms with E-state index in [1.165, 1.54) is 34.3 Å². The summed E-state index contributed by atoms with van der Waals surface area (Å²) in [7, 11) is 0.